The molecule has 3 aromatic rings. The van der Waals surface area contributed by atoms with Crippen LogP contribution in [0.2, 0.25) is 0 Å². The SMILES string of the molecule is COc1ccc(CN(C(=O)c2ccco2)c2nccs2)cc1OC. The minimum Gasteiger partial charge on any atom is -0.493 e. The van der Waals surface area contributed by atoms with E-state index in [4.69, 9.17) is 13.9 Å². The standard InChI is InChI=1S/C17H16N2O4S/c1-21-13-6-5-12(10-15(13)22-2)11-19(17-18-7-9-24-17)16(20)14-4-3-8-23-14/h3-10H,11H2,1-2H3. The number of thiazole rings is 1. The lowest BCUT2D eigenvalue weighted by molar-refractivity contribution is 0.0958. The summed E-state index contributed by atoms with van der Waals surface area (Å²) in [5.74, 6) is 1.27. The molecule has 0 aliphatic carbocycles. The van der Waals surface area contributed by atoms with Crippen molar-refractivity contribution in [3.63, 3.8) is 0 Å². The van der Waals surface area contributed by atoms with Crippen LogP contribution in [-0.2, 0) is 6.54 Å². The van der Waals surface area contributed by atoms with Crippen LogP contribution in [0.4, 0.5) is 5.13 Å². The van der Waals surface area contributed by atoms with Gasteiger partial charge in [0.2, 0.25) is 0 Å². The van der Waals surface area contributed by atoms with E-state index in [-0.39, 0.29) is 11.7 Å². The zero-order chi connectivity index (χ0) is 16.9. The second kappa shape index (κ2) is 7.18. The van der Waals surface area contributed by atoms with Gasteiger partial charge < -0.3 is 13.9 Å². The molecule has 0 fully saturated rings. The van der Waals surface area contributed by atoms with E-state index in [1.54, 1.807) is 37.4 Å². The van der Waals surface area contributed by atoms with Gasteiger partial charge >= 0.3 is 0 Å². The van der Waals surface area contributed by atoms with Crippen molar-refractivity contribution in [3.8, 4) is 11.5 Å². The molecule has 24 heavy (non-hydrogen) atoms. The zero-order valence-corrected chi connectivity index (χ0v) is 14.1. The summed E-state index contributed by atoms with van der Waals surface area (Å²) in [6, 6.07) is 8.86. The van der Waals surface area contributed by atoms with Crippen LogP contribution in [0.3, 0.4) is 0 Å². The predicted molar refractivity (Wildman–Crippen MR) is 90.9 cm³/mol. The van der Waals surface area contributed by atoms with E-state index < -0.39 is 0 Å². The van der Waals surface area contributed by atoms with E-state index in [0.717, 1.165) is 5.56 Å². The Morgan fingerprint density at radius 3 is 2.71 bits per heavy atom. The van der Waals surface area contributed by atoms with Crippen LogP contribution in [0.25, 0.3) is 0 Å². The fraction of sp³-hybridized carbons (Fsp3) is 0.176. The summed E-state index contributed by atoms with van der Waals surface area (Å²) in [4.78, 5) is 18.5. The Kier molecular flexibility index (Phi) is 4.81. The summed E-state index contributed by atoms with van der Waals surface area (Å²) < 4.78 is 15.8. The number of ether oxygens (including phenoxy) is 2. The lowest BCUT2D eigenvalue weighted by atomic mass is 10.2. The Morgan fingerprint density at radius 1 is 1.25 bits per heavy atom. The lowest BCUT2D eigenvalue weighted by Crippen LogP contribution is -2.30. The molecular formula is C17H16N2O4S. The smallest absolute Gasteiger partial charge is 0.296 e. The van der Waals surface area contributed by atoms with Gasteiger partial charge in [-0.1, -0.05) is 6.07 Å². The van der Waals surface area contributed by atoms with Gasteiger partial charge in [0.05, 0.1) is 27.0 Å². The van der Waals surface area contributed by atoms with Gasteiger partial charge in [-0.2, -0.15) is 0 Å². The van der Waals surface area contributed by atoms with Crippen molar-refractivity contribution >= 4 is 22.4 Å². The summed E-state index contributed by atoms with van der Waals surface area (Å²) in [6.07, 6.45) is 3.14. The number of furan rings is 1. The van der Waals surface area contributed by atoms with Crippen molar-refractivity contribution < 1.29 is 18.7 Å². The first-order valence-electron chi connectivity index (χ1n) is 7.18. The molecule has 0 radical (unpaired) electrons. The Labute approximate surface area is 143 Å². The number of hydrogen-bond acceptors (Lipinski definition) is 6. The molecule has 0 aliphatic rings. The van der Waals surface area contributed by atoms with E-state index in [1.807, 2.05) is 23.6 Å². The zero-order valence-electron chi connectivity index (χ0n) is 13.3. The van der Waals surface area contributed by atoms with Crippen LogP contribution in [-0.4, -0.2) is 25.1 Å². The normalized spacial score (nSPS) is 10.4. The van der Waals surface area contributed by atoms with Crippen molar-refractivity contribution in [1.82, 2.24) is 4.98 Å². The third-order valence-corrected chi connectivity index (χ3v) is 4.21. The van der Waals surface area contributed by atoms with Crippen molar-refractivity contribution in [3.05, 3.63) is 59.5 Å². The van der Waals surface area contributed by atoms with E-state index >= 15 is 0 Å². The first kappa shape index (κ1) is 16.1. The van der Waals surface area contributed by atoms with Crippen molar-refractivity contribution in [2.75, 3.05) is 19.1 Å². The molecule has 1 amide bonds. The van der Waals surface area contributed by atoms with Crippen molar-refractivity contribution in [1.29, 1.82) is 0 Å². The summed E-state index contributed by atoms with van der Waals surface area (Å²) >= 11 is 1.39. The number of amides is 1. The van der Waals surface area contributed by atoms with Crippen LogP contribution in [0.1, 0.15) is 16.1 Å². The highest BCUT2D eigenvalue weighted by Gasteiger charge is 2.22. The molecule has 6 nitrogen and oxygen atoms in total. The van der Waals surface area contributed by atoms with Gasteiger partial charge in [0.15, 0.2) is 22.4 Å². The lowest BCUT2D eigenvalue weighted by Gasteiger charge is -2.19. The molecule has 124 valence electrons. The number of nitrogens with zero attached hydrogens (tertiary/aromatic N) is 2. The maximum absolute atomic E-state index is 12.7. The fourth-order valence-electron chi connectivity index (χ4n) is 2.27. The van der Waals surface area contributed by atoms with Crippen LogP contribution in [0.15, 0.2) is 52.6 Å². The summed E-state index contributed by atoms with van der Waals surface area (Å²) in [7, 11) is 3.16. The van der Waals surface area contributed by atoms with Gasteiger partial charge in [-0.25, -0.2) is 4.98 Å². The topological polar surface area (TPSA) is 64.8 Å². The molecule has 0 atom stereocenters. The molecule has 7 heteroatoms. The number of methoxy groups -OCH3 is 2. The highest BCUT2D eigenvalue weighted by Crippen LogP contribution is 2.29. The number of anilines is 1. The van der Waals surface area contributed by atoms with Gasteiger partial charge in [0.25, 0.3) is 5.91 Å². The van der Waals surface area contributed by atoms with Gasteiger partial charge in [-0.05, 0) is 29.8 Å². The average Bonchev–Trinajstić information content (AvgIpc) is 3.32. The van der Waals surface area contributed by atoms with E-state index in [0.29, 0.717) is 23.2 Å². The number of aromatic nitrogens is 1. The van der Waals surface area contributed by atoms with E-state index in [9.17, 15) is 4.79 Å². The van der Waals surface area contributed by atoms with Gasteiger partial charge in [0, 0.05) is 11.6 Å². The summed E-state index contributed by atoms with van der Waals surface area (Å²) in [5, 5.41) is 2.43. The molecule has 2 heterocycles. The maximum Gasteiger partial charge on any atom is 0.296 e. The van der Waals surface area contributed by atoms with E-state index in [2.05, 4.69) is 4.98 Å². The highest BCUT2D eigenvalue weighted by atomic mass is 32.1. The van der Waals surface area contributed by atoms with Gasteiger partial charge in [0.1, 0.15) is 0 Å². The predicted octanol–water partition coefficient (Wildman–Crippen LogP) is 3.60. The number of benzene rings is 1. The number of carbonyl (C=O) groups is 1. The first-order valence-corrected chi connectivity index (χ1v) is 8.06. The molecular weight excluding hydrogens is 328 g/mol. The van der Waals surface area contributed by atoms with Crippen molar-refractivity contribution in [2.45, 2.75) is 6.54 Å². The molecule has 1 aromatic carbocycles. The molecule has 0 bridgehead atoms. The molecule has 0 saturated carbocycles. The van der Waals surface area contributed by atoms with Gasteiger partial charge in [-0.15, -0.1) is 11.3 Å². The molecule has 2 aromatic heterocycles. The quantitative estimate of drug-likeness (QED) is 0.683. The molecule has 0 saturated heterocycles. The Balaban J connectivity index is 1.91. The monoisotopic (exact) mass is 344 g/mol. The minimum absolute atomic E-state index is 0.246. The Bertz CT molecular complexity index is 800. The third-order valence-electron chi connectivity index (χ3n) is 3.42. The van der Waals surface area contributed by atoms with Gasteiger partial charge in [-0.3, -0.25) is 9.69 Å². The fourth-order valence-corrected chi connectivity index (χ4v) is 2.91. The second-order valence-corrected chi connectivity index (χ2v) is 5.75. The van der Waals surface area contributed by atoms with Crippen molar-refractivity contribution in [2.24, 2.45) is 0 Å². The second-order valence-electron chi connectivity index (χ2n) is 4.87. The summed E-state index contributed by atoms with van der Waals surface area (Å²) in [6.45, 7) is 0.341. The molecule has 0 spiro atoms. The number of carbonyl (C=O) groups excluding carboxylic acids is 1. The minimum atomic E-state index is -0.246. The first-order chi connectivity index (χ1) is 11.7. The van der Waals surface area contributed by atoms with Crippen LogP contribution in [0.5, 0.6) is 11.5 Å². The molecule has 3 rings (SSSR count). The van der Waals surface area contributed by atoms with E-state index in [1.165, 1.54) is 17.6 Å². The molecule has 0 unspecified atom stereocenters. The number of rotatable bonds is 6. The average molecular weight is 344 g/mol. The van der Waals surface area contributed by atoms with Crippen LogP contribution in [0, 0.1) is 0 Å². The third kappa shape index (κ3) is 3.26. The Morgan fingerprint density at radius 2 is 2.08 bits per heavy atom. The molecule has 0 N–H and O–H groups in total. The molecule has 0 aliphatic heterocycles. The van der Waals surface area contributed by atoms with Crippen LogP contribution < -0.4 is 14.4 Å². The van der Waals surface area contributed by atoms with Crippen LogP contribution >= 0.6 is 11.3 Å². The largest absolute Gasteiger partial charge is 0.493 e. The Hall–Kier alpha value is -2.80. The highest BCUT2D eigenvalue weighted by molar-refractivity contribution is 7.13. The number of hydrogen-bond donors (Lipinski definition) is 0. The summed E-state index contributed by atoms with van der Waals surface area (Å²) in [5.41, 5.74) is 0.891. The maximum atomic E-state index is 12.7.